The second kappa shape index (κ2) is 9.68. The zero-order valence-electron chi connectivity index (χ0n) is 21.4. The number of aromatic nitrogens is 5. The highest BCUT2D eigenvalue weighted by Crippen LogP contribution is 2.35. The number of nitrogens with zero attached hydrogens (tertiary/aromatic N) is 7. The number of rotatable bonds is 8. The maximum atomic E-state index is 5.71. The Balaban J connectivity index is 1.08. The number of ether oxygens (including phenoxy) is 1. The van der Waals surface area contributed by atoms with Crippen molar-refractivity contribution in [3.63, 3.8) is 0 Å². The fraction of sp³-hybridized carbons (Fsp3) is 0.571. The molecule has 0 radical (unpaired) electrons. The molecule has 37 heavy (non-hydrogen) atoms. The van der Waals surface area contributed by atoms with Crippen LogP contribution in [0.2, 0.25) is 0 Å². The molecule has 0 spiro atoms. The Kier molecular flexibility index (Phi) is 6.05. The minimum absolute atomic E-state index is 0.368. The van der Waals surface area contributed by atoms with Crippen LogP contribution in [0.1, 0.15) is 44.1 Å². The van der Waals surface area contributed by atoms with E-state index in [1.807, 2.05) is 29.5 Å². The summed E-state index contributed by atoms with van der Waals surface area (Å²) in [5.41, 5.74) is 3.74. The van der Waals surface area contributed by atoms with Crippen molar-refractivity contribution in [2.45, 2.75) is 50.1 Å². The lowest BCUT2D eigenvalue weighted by Gasteiger charge is -2.41. The highest BCUT2D eigenvalue weighted by Gasteiger charge is 2.44. The van der Waals surface area contributed by atoms with E-state index in [0.29, 0.717) is 19.3 Å². The van der Waals surface area contributed by atoms with E-state index in [2.05, 4.69) is 48.6 Å². The summed E-state index contributed by atoms with van der Waals surface area (Å²) in [6, 6.07) is 7.11. The monoisotopic (exact) mass is 500 g/mol. The SMILES string of the molecule is c1ncc(N2CCCC2)cc1-c1cn(C2(c3ccc(N4CCCC(NCC5CC5)C4)nc3)COC2)nn1. The van der Waals surface area contributed by atoms with E-state index in [4.69, 9.17) is 9.72 Å². The summed E-state index contributed by atoms with van der Waals surface area (Å²) in [6.45, 7) is 6.60. The molecule has 194 valence electrons. The van der Waals surface area contributed by atoms with Crippen molar-refractivity contribution in [2.24, 2.45) is 5.92 Å². The first-order valence-electron chi connectivity index (χ1n) is 13.9. The summed E-state index contributed by atoms with van der Waals surface area (Å²) >= 11 is 0. The van der Waals surface area contributed by atoms with E-state index in [-0.39, 0.29) is 5.54 Å². The van der Waals surface area contributed by atoms with Crippen LogP contribution >= 0.6 is 0 Å². The van der Waals surface area contributed by atoms with Crippen molar-refractivity contribution in [1.29, 1.82) is 0 Å². The maximum absolute atomic E-state index is 5.71. The first kappa shape index (κ1) is 23.1. The van der Waals surface area contributed by atoms with Crippen molar-refractivity contribution < 1.29 is 4.74 Å². The highest BCUT2D eigenvalue weighted by atomic mass is 16.5. The summed E-state index contributed by atoms with van der Waals surface area (Å²) in [6.07, 6.45) is 15.6. The molecule has 4 aliphatic rings. The molecule has 3 aromatic rings. The predicted molar refractivity (Wildman–Crippen MR) is 143 cm³/mol. The minimum Gasteiger partial charge on any atom is -0.375 e. The fourth-order valence-corrected chi connectivity index (χ4v) is 5.90. The van der Waals surface area contributed by atoms with E-state index in [0.717, 1.165) is 60.4 Å². The Labute approximate surface area is 218 Å². The number of nitrogens with one attached hydrogen (secondary N) is 1. The Morgan fingerprint density at radius 2 is 1.84 bits per heavy atom. The van der Waals surface area contributed by atoms with Crippen LogP contribution in [0.5, 0.6) is 0 Å². The van der Waals surface area contributed by atoms with Crippen LogP contribution in [0, 0.1) is 5.92 Å². The van der Waals surface area contributed by atoms with Crippen LogP contribution in [0.15, 0.2) is 43.0 Å². The Morgan fingerprint density at radius 3 is 2.59 bits per heavy atom. The third kappa shape index (κ3) is 4.59. The van der Waals surface area contributed by atoms with Crippen LogP contribution in [-0.2, 0) is 10.3 Å². The van der Waals surface area contributed by atoms with E-state index < -0.39 is 0 Å². The van der Waals surface area contributed by atoms with Gasteiger partial charge in [-0.2, -0.15) is 0 Å². The quantitative estimate of drug-likeness (QED) is 0.505. The van der Waals surface area contributed by atoms with Gasteiger partial charge in [0.15, 0.2) is 0 Å². The molecule has 1 atom stereocenters. The van der Waals surface area contributed by atoms with Crippen LogP contribution in [0.4, 0.5) is 11.5 Å². The van der Waals surface area contributed by atoms with Crippen LogP contribution in [0.25, 0.3) is 11.3 Å². The summed E-state index contributed by atoms with van der Waals surface area (Å²) in [5.74, 6) is 1.97. The van der Waals surface area contributed by atoms with E-state index in [1.54, 1.807) is 0 Å². The van der Waals surface area contributed by atoms with Crippen LogP contribution < -0.4 is 15.1 Å². The van der Waals surface area contributed by atoms with Crippen LogP contribution in [0.3, 0.4) is 0 Å². The Bertz CT molecular complexity index is 1210. The lowest BCUT2D eigenvalue weighted by Crippen LogP contribution is -2.53. The van der Waals surface area contributed by atoms with Crippen molar-refractivity contribution >= 4 is 11.5 Å². The highest BCUT2D eigenvalue weighted by molar-refractivity contribution is 5.63. The largest absolute Gasteiger partial charge is 0.375 e. The topological polar surface area (TPSA) is 84.2 Å². The molecule has 4 fully saturated rings. The number of hydrogen-bond donors (Lipinski definition) is 1. The molecule has 0 bridgehead atoms. The van der Waals surface area contributed by atoms with Gasteiger partial charge in [-0.05, 0) is 63.1 Å². The number of pyridine rings is 2. The molecule has 3 aromatic heterocycles. The van der Waals surface area contributed by atoms with Gasteiger partial charge in [-0.25, -0.2) is 9.67 Å². The van der Waals surface area contributed by atoms with E-state index >= 15 is 0 Å². The molecule has 9 heteroatoms. The lowest BCUT2D eigenvalue weighted by molar-refractivity contribution is -0.0831. The molecule has 7 rings (SSSR count). The van der Waals surface area contributed by atoms with Crippen molar-refractivity contribution in [3.05, 3.63) is 48.5 Å². The summed E-state index contributed by atoms with van der Waals surface area (Å²) in [5, 5.41) is 12.9. The van der Waals surface area contributed by atoms with E-state index in [9.17, 15) is 0 Å². The number of anilines is 2. The number of hydrogen-bond acceptors (Lipinski definition) is 8. The van der Waals surface area contributed by atoms with Gasteiger partial charge in [0.2, 0.25) is 0 Å². The second-order valence-electron chi connectivity index (χ2n) is 11.2. The first-order chi connectivity index (χ1) is 18.3. The van der Waals surface area contributed by atoms with Crippen LogP contribution in [-0.4, -0.2) is 76.9 Å². The smallest absolute Gasteiger partial charge is 0.137 e. The molecule has 3 aliphatic heterocycles. The second-order valence-corrected chi connectivity index (χ2v) is 11.2. The van der Waals surface area contributed by atoms with Gasteiger partial charge in [-0.15, -0.1) is 5.10 Å². The molecular weight excluding hydrogens is 464 g/mol. The predicted octanol–water partition coefficient (Wildman–Crippen LogP) is 3.08. The third-order valence-corrected chi connectivity index (χ3v) is 8.53. The summed E-state index contributed by atoms with van der Waals surface area (Å²) in [4.78, 5) is 14.2. The maximum Gasteiger partial charge on any atom is 0.137 e. The Morgan fingerprint density at radius 1 is 0.973 bits per heavy atom. The van der Waals surface area contributed by atoms with Crippen molar-refractivity contribution in [1.82, 2.24) is 30.3 Å². The third-order valence-electron chi connectivity index (χ3n) is 8.53. The van der Waals surface area contributed by atoms with Crippen molar-refractivity contribution in [3.8, 4) is 11.3 Å². The molecule has 1 saturated carbocycles. The van der Waals surface area contributed by atoms with Gasteiger partial charge in [0, 0.05) is 55.7 Å². The molecule has 1 aliphatic carbocycles. The zero-order chi connectivity index (χ0) is 24.7. The van der Waals surface area contributed by atoms with Gasteiger partial charge in [-0.3, -0.25) is 4.98 Å². The lowest BCUT2D eigenvalue weighted by atomic mass is 9.89. The number of piperidine rings is 1. The van der Waals surface area contributed by atoms with E-state index in [1.165, 1.54) is 45.1 Å². The van der Waals surface area contributed by atoms with Gasteiger partial charge in [-0.1, -0.05) is 11.3 Å². The molecule has 0 amide bonds. The molecule has 3 saturated heterocycles. The molecule has 6 heterocycles. The average molecular weight is 501 g/mol. The standard InChI is InChI=1S/C28H36N8O/c1-2-10-34(9-1)25-12-22(14-29-16-25)26-18-36(33-32-26)28(19-37-20-28)23-7-8-27(31-15-23)35-11-3-4-24(17-35)30-13-21-5-6-21/h7-8,12,14-16,18,21,24,30H,1-6,9-11,13,17,19-20H2. The normalized spacial score (nSPS) is 23.3. The molecule has 1 unspecified atom stereocenters. The first-order valence-corrected chi connectivity index (χ1v) is 13.9. The minimum atomic E-state index is -0.368. The molecule has 9 nitrogen and oxygen atoms in total. The molecular formula is C28H36N8O. The summed E-state index contributed by atoms with van der Waals surface area (Å²) in [7, 11) is 0. The van der Waals surface area contributed by atoms with Gasteiger partial charge >= 0.3 is 0 Å². The van der Waals surface area contributed by atoms with Gasteiger partial charge in [0.1, 0.15) is 17.1 Å². The molecule has 0 aromatic carbocycles. The Hall–Kier alpha value is -3.04. The fourth-order valence-electron chi connectivity index (χ4n) is 5.90. The molecule has 1 N–H and O–H groups in total. The van der Waals surface area contributed by atoms with Gasteiger partial charge in [0.25, 0.3) is 0 Å². The van der Waals surface area contributed by atoms with Gasteiger partial charge in [0.05, 0.1) is 31.3 Å². The average Bonchev–Trinajstić information content (AvgIpc) is 3.36. The van der Waals surface area contributed by atoms with Gasteiger partial charge < -0.3 is 19.9 Å². The summed E-state index contributed by atoms with van der Waals surface area (Å²) < 4.78 is 7.67. The zero-order valence-corrected chi connectivity index (χ0v) is 21.4. The van der Waals surface area contributed by atoms with Crippen molar-refractivity contribution in [2.75, 3.05) is 55.7 Å².